The van der Waals surface area contributed by atoms with E-state index >= 15 is 0 Å². The van der Waals surface area contributed by atoms with Gasteiger partial charge in [0.2, 0.25) is 0 Å². The van der Waals surface area contributed by atoms with E-state index in [4.69, 9.17) is 0 Å². The average Bonchev–Trinajstić information content (AvgIpc) is 2.62. The van der Waals surface area contributed by atoms with Crippen molar-refractivity contribution in [3.05, 3.63) is 30.3 Å². The first-order valence-corrected chi connectivity index (χ1v) is 13.7. The van der Waals surface area contributed by atoms with Crippen molar-refractivity contribution in [3.63, 3.8) is 0 Å². The van der Waals surface area contributed by atoms with Gasteiger partial charge in [-0.05, 0) is 0 Å². The van der Waals surface area contributed by atoms with Crippen LogP contribution < -0.4 is 5.30 Å². The van der Waals surface area contributed by atoms with Crippen molar-refractivity contribution in [1.29, 1.82) is 0 Å². The second kappa shape index (κ2) is 13.9. The van der Waals surface area contributed by atoms with E-state index in [1.54, 1.807) is 5.30 Å². The van der Waals surface area contributed by atoms with Crippen LogP contribution in [-0.2, 0) is 0 Å². The molecule has 0 spiro atoms. The fraction of sp³-hybridized carbons (Fsp3) is 0.739. The molecule has 0 aromatic heterocycles. The zero-order chi connectivity index (χ0) is 17.5. The van der Waals surface area contributed by atoms with Gasteiger partial charge in [-0.3, -0.25) is 0 Å². The molecule has 0 heterocycles. The molecule has 0 radical (unpaired) electrons. The molecule has 0 amide bonds. The summed E-state index contributed by atoms with van der Waals surface area (Å²) >= 11 is 0. The number of rotatable bonds is 15. The fourth-order valence-electron chi connectivity index (χ4n) is 3.85. The van der Waals surface area contributed by atoms with Crippen LogP contribution in [-0.4, -0.2) is 19.0 Å². The van der Waals surface area contributed by atoms with Crippen molar-refractivity contribution in [2.45, 2.75) is 90.9 Å². The van der Waals surface area contributed by atoms with Gasteiger partial charge in [-0.1, -0.05) is 0 Å². The molecule has 1 heteroatoms. The second-order valence-corrected chi connectivity index (χ2v) is 12.7. The third-order valence-corrected chi connectivity index (χ3v) is 10.3. The van der Waals surface area contributed by atoms with Gasteiger partial charge in [-0.2, -0.15) is 0 Å². The molecule has 0 aliphatic carbocycles. The average molecular weight is 351 g/mol. The fourth-order valence-corrected chi connectivity index (χ4v) is 7.73. The summed E-state index contributed by atoms with van der Waals surface area (Å²) in [5.41, 5.74) is 0. The molecule has 0 aliphatic heterocycles. The van der Waals surface area contributed by atoms with E-state index in [9.17, 15) is 0 Å². The Morgan fingerprint density at radius 3 is 1.46 bits per heavy atom. The predicted molar refractivity (Wildman–Crippen MR) is 117 cm³/mol. The zero-order valence-electron chi connectivity index (χ0n) is 16.8. The Kier molecular flexibility index (Phi) is 12.6. The van der Waals surface area contributed by atoms with Crippen LogP contribution in [0.15, 0.2) is 30.3 Å². The summed E-state index contributed by atoms with van der Waals surface area (Å²) < 4.78 is 0. The Labute approximate surface area is 153 Å². The third kappa shape index (κ3) is 9.22. The van der Waals surface area contributed by atoms with Crippen LogP contribution in [0.4, 0.5) is 0 Å². The first-order valence-electron chi connectivity index (χ1n) is 10.8. The molecular formula is C23H43P. The van der Waals surface area contributed by atoms with Gasteiger partial charge in [0.25, 0.3) is 0 Å². The summed E-state index contributed by atoms with van der Waals surface area (Å²) in [5.74, 6) is 0. The molecule has 1 aromatic carbocycles. The van der Waals surface area contributed by atoms with E-state index in [0.717, 1.165) is 0 Å². The summed E-state index contributed by atoms with van der Waals surface area (Å²) in [6, 6.07) is 11.5. The molecule has 0 N–H and O–H groups in total. The van der Waals surface area contributed by atoms with Gasteiger partial charge in [-0.15, -0.1) is 0 Å². The Morgan fingerprint density at radius 1 is 0.583 bits per heavy atom. The van der Waals surface area contributed by atoms with E-state index in [0.29, 0.717) is 0 Å². The summed E-state index contributed by atoms with van der Waals surface area (Å²) in [4.78, 5) is 0. The van der Waals surface area contributed by atoms with Gasteiger partial charge in [0.15, 0.2) is 0 Å². The van der Waals surface area contributed by atoms with Gasteiger partial charge >= 0.3 is 153 Å². The SMILES string of the molecule is CCCCCCCC[PH](C)(CCCCCCCC)c1ccccc1. The normalized spacial score (nSPS) is 12.5. The first kappa shape index (κ1) is 21.7. The summed E-state index contributed by atoms with van der Waals surface area (Å²) in [5, 5.41) is 1.70. The van der Waals surface area contributed by atoms with Crippen LogP contribution in [0.2, 0.25) is 0 Å². The molecule has 24 heavy (non-hydrogen) atoms. The summed E-state index contributed by atoms with van der Waals surface area (Å²) in [7, 11) is -1.26. The molecule has 0 unspecified atom stereocenters. The van der Waals surface area contributed by atoms with Crippen LogP contribution in [0.1, 0.15) is 90.9 Å². The van der Waals surface area contributed by atoms with E-state index in [1.165, 1.54) is 89.4 Å². The zero-order valence-corrected chi connectivity index (χ0v) is 17.8. The van der Waals surface area contributed by atoms with E-state index in [2.05, 4.69) is 50.8 Å². The topological polar surface area (TPSA) is 0 Å². The Bertz CT molecular complexity index is 368. The van der Waals surface area contributed by atoms with E-state index in [1.807, 2.05) is 0 Å². The minimum atomic E-state index is -1.26. The minimum absolute atomic E-state index is 1.26. The first-order chi connectivity index (χ1) is 11.7. The monoisotopic (exact) mass is 350 g/mol. The molecule has 0 bridgehead atoms. The molecule has 140 valence electrons. The van der Waals surface area contributed by atoms with E-state index in [-0.39, 0.29) is 0 Å². The van der Waals surface area contributed by atoms with Crippen molar-refractivity contribution < 1.29 is 0 Å². The Morgan fingerprint density at radius 2 is 1.00 bits per heavy atom. The van der Waals surface area contributed by atoms with Gasteiger partial charge in [0.05, 0.1) is 0 Å². The third-order valence-electron chi connectivity index (χ3n) is 5.63. The maximum atomic E-state index is 2.65. The van der Waals surface area contributed by atoms with Crippen molar-refractivity contribution in [2.75, 3.05) is 19.0 Å². The Hall–Kier alpha value is -0.350. The van der Waals surface area contributed by atoms with Crippen molar-refractivity contribution >= 4 is 12.6 Å². The second-order valence-electron chi connectivity index (χ2n) is 7.96. The number of hydrogen-bond donors (Lipinski definition) is 0. The molecule has 0 nitrogen and oxygen atoms in total. The van der Waals surface area contributed by atoms with Crippen molar-refractivity contribution in [1.82, 2.24) is 0 Å². The van der Waals surface area contributed by atoms with Gasteiger partial charge < -0.3 is 0 Å². The van der Waals surface area contributed by atoms with Crippen LogP contribution >= 0.6 is 7.26 Å². The molecule has 0 atom stereocenters. The van der Waals surface area contributed by atoms with E-state index < -0.39 is 7.26 Å². The number of benzene rings is 1. The molecule has 0 saturated heterocycles. The predicted octanol–water partition coefficient (Wildman–Crippen LogP) is 7.41. The van der Waals surface area contributed by atoms with Crippen LogP contribution in [0.3, 0.4) is 0 Å². The number of hydrogen-bond acceptors (Lipinski definition) is 0. The summed E-state index contributed by atoms with van der Waals surface area (Å²) in [6.45, 7) is 7.26. The summed E-state index contributed by atoms with van der Waals surface area (Å²) in [6.07, 6.45) is 20.1. The van der Waals surface area contributed by atoms with Crippen LogP contribution in [0, 0.1) is 0 Å². The quantitative estimate of drug-likeness (QED) is 0.228. The van der Waals surface area contributed by atoms with Crippen LogP contribution in [0.25, 0.3) is 0 Å². The van der Waals surface area contributed by atoms with Gasteiger partial charge in [0, 0.05) is 0 Å². The standard InChI is InChI=1S/C23H43P/c1-4-6-8-10-12-17-21-24(3,23-19-15-14-16-20-23)22-18-13-11-9-7-5-2/h14-16,19-20,24H,4-13,17-18,21-22H2,1-3H3. The number of unbranched alkanes of at least 4 members (excludes halogenated alkanes) is 10. The molecule has 0 saturated carbocycles. The van der Waals surface area contributed by atoms with Gasteiger partial charge in [-0.25, -0.2) is 0 Å². The van der Waals surface area contributed by atoms with Crippen molar-refractivity contribution in [2.24, 2.45) is 0 Å². The molecule has 0 fully saturated rings. The van der Waals surface area contributed by atoms with Crippen LogP contribution in [0.5, 0.6) is 0 Å². The molecule has 1 aromatic rings. The Balaban J connectivity index is 2.42. The molecule has 1 rings (SSSR count). The molecular weight excluding hydrogens is 307 g/mol. The van der Waals surface area contributed by atoms with Crippen molar-refractivity contribution in [3.8, 4) is 0 Å². The maximum absolute atomic E-state index is 2.65. The molecule has 0 aliphatic rings. The van der Waals surface area contributed by atoms with Gasteiger partial charge in [0.1, 0.15) is 0 Å².